The van der Waals surface area contributed by atoms with Gasteiger partial charge in [-0.15, -0.1) is 0 Å². The van der Waals surface area contributed by atoms with Gasteiger partial charge in [-0.25, -0.2) is 13.8 Å². The number of amides is 1. The third-order valence-corrected chi connectivity index (χ3v) is 5.89. The highest BCUT2D eigenvalue weighted by atomic mass is 19.1. The second-order valence-electron chi connectivity index (χ2n) is 8.21. The number of hydrogen-bond acceptors (Lipinski definition) is 4. The average Bonchev–Trinajstić information content (AvgIpc) is 3.54. The number of aryl methyl sites for hydroxylation is 1. The molecular weight excluding hydrogens is 447 g/mol. The average molecular weight is 471 g/mol. The van der Waals surface area contributed by atoms with Crippen molar-refractivity contribution in [3.8, 4) is 11.5 Å². The summed E-state index contributed by atoms with van der Waals surface area (Å²) in [5.74, 6) is -0.295. The van der Waals surface area contributed by atoms with Crippen LogP contribution in [-0.2, 0) is 11.3 Å². The Morgan fingerprint density at radius 1 is 1.00 bits per heavy atom. The lowest BCUT2D eigenvalue weighted by Crippen LogP contribution is -2.37. The first-order valence-corrected chi connectivity index (χ1v) is 11.2. The summed E-state index contributed by atoms with van der Waals surface area (Å²) in [5.41, 5.74) is 1.67. The summed E-state index contributed by atoms with van der Waals surface area (Å²) in [5, 5.41) is 12.2. The van der Waals surface area contributed by atoms with Crippen LogP contribution in [0.2, 0.25) is 0 Å². The molecule has 0 aliphatic heterocycles. The highest BCUT2D eigenvalue weighted by Gasteiger charge is 2.25. The summed E-state index contributed by atoms with van der Waals surface area (Å²) in [4.78, 5) is 26.6. The van der Waals surface area contributed by atoms with Crippen LogP contribution in [0.5, 0.6) is 0 Å². The van der Waals surface area contributed by atoms with Crippen molar-refractivity contribution in [2.45, 2.75) is 26.4 Å². The maximum Gasteiger partial charge on any atom is 0.280 e. The largest absolute Gasteiger partial charge is 0.350 e. The van der Waals surface area contributed by atoms with E-state index in [0.717, 1.165) is 5.69 Å². The first-order chi connectivity index (χ1) is 17.0. The van der Waals surface area contributed by atoms with Crippen LogP contribution in [-0.4, -0.2) is 30.0 Å². The fraction of sp³-hybridized carbons (Fsp3) is 0.154. The van der Waals surface area contributed by atoms with Gasteiger partial charge in [-0.05, 0) is 44.2 Å². The Labute approximate surface area is 200 Å². The first kappa shape index (κ1) is 22.3. The summed E-state index contributed by atoms with van der Waals surface area (Å²) in [6.07, 6.45) is 3.67. The predicted molar refractivity (Wildman–Crippen MR) is 130 cm³/mol. The van der Waals surface area contributed by atoms with Gasteiger partial charge in [0.1, 0.15) is 22.8 Å². The van der Waals surface area contributed by atoms with Crippen molar-refractivity contribution in [3.05, 3.63) is 107 Å². The van der Waals surface area contributed by atoms with Gasteiger partial charge in [0.15, 0.2) is 5.82 Å². The molecular formula is C26H23FN6O2. The Morgan fingerprint density at radius 3 is 2.40 bits per heavy atom. The van der Waals surface area contributed by atoms with Crippen molar-refractivity contribution in [1.29, 1.82) is 0 Å². The molecule has 1 amide bonds. The molecule has 0 bridgehead atoms. The number of para-hydroxylation sites is 1. The van der Waals surface area contributed by atoms with Crippen LogP contribution in [0, 0.1) is 12.7 Å². The standard InChI is InChI=1S/C26H23FN6O2/c1-17-23-22(25(31-14-8-9-15-31)33(30-23)20-11-4-3-5-12-20)26(35)32(29-17)18(2)24(34)28-16-19-10-6-7-13-21(19)27/h3-15,18H,16H2,1-2H3,(H,28,34)/t18-/m0/s1. The van der Waals surface area contributed by atoms with E-state index in [2.05, 4.69) is 10.4 Å². The number of aromatic nitrogens is 5. The minimum atomic E-state index is -0.921. The topological polar surface area (TPSA) is 86.7 Å². The van der Waals surface area contributed by atoms with Crippen LogP contribution < -0.4 is 10.9 Å². The predicted octanol–water partition coefficient (Wildman–Crippen LogP) is 3.70. The van der Waals surface area contributed by atoms with E-state index < -0.39 is 23.3 Å². The lowest BCUT2D eigenvalue weighted by atomic mass is 10.2. The van der Waals surface area contributed by atoms with E-state index in [0.29, 0.717) is 28.0 Å². The van der Waals surface area contributed by atoms with Crippen molar-refractivity contribution >= 4 is 16.8 Å². The van der Waals surface area contributed by atoms with Crippen LogP contribution in [0.1, 0.15) is 24.2 Å². The molecule has 0 aliphatic carbocycles. The summed E-state index contributed by atoms with van der Waals surface area (Å²) in [6.45, 7) is 3.35. The van der Waals surface area contributed by atoms with Crippen LogP contribution in [0.15, 0.2) is 83.9 Å². The zero-order valence-corrected chi connectivity index (χ0v) is 19.2. The highest BCUT2D eigenvalue weighted by Crippen LogP contribution is 2.25. The Hall–Kier alpha value is -4.53. The summed E-state index contributed by atoms with van der Waals surface area (Å²) in [6, 6.07) is 18.5. The summed E-state index contributed by atoms with van der Waals surface area (Å²) < 4.78 is 18.6. The minimum Gasteiger partial charge on any atom is -0.350 e. The Morgan fingerprint density at radius 2 is 1.69 bits per heavy atom. The number of fused-ring (bicyclic) bond motifs is 1. The maximum absolute atomic E-state index is 13.9. The normalized spacial score (nSPS) is 12.1. The fourth-order valence-electron chi connectivity index (χ4n) is 4.04. The molecule has 3 heterocycles. The van der Waals surface area contributed by atoms with E-state index in [4.69, 9.17) is 5.10 Å². The van der Waals surface area contributed by atoms with Gasteiger partial charge in [0.05, 0.1) is 11.4 Å². The molecule has 0 radical (unpaired) electrons. The van der Waals surface area contributed by atoms with Gasteiger partial charge in [0.25, 0.3) is 5.56 Å². The smallest absolute Gasteiger partial charge is 0.280 e. The number of benzene rings is 2. The third kappa shape index (κ3) is 4.01. The number of carbonyl (C=O) groups is 1. The molecule has 1 atom stereocenters. The molecule has 5 aromatic rings. The van der Waals surface area contributed by atoms with Gasteiger partial charge < -0.3 is 9.88 Å². The monoisotopic (exact) mass is 470 g/mol. The van der Waals surface area contributed by atoms with Crippen molar-refractivity contribution in [3.63, 3.8) is 0 Å². The number of rotatable bonds is 6. The number of nitrogens with one attached hydrogen (secondary N) is 1. The second kappa shape index (κ2) is 9.02. The Kier molecular flexibility index (Phi) is 5.74. The van der Waals surface area contributed by atoms with Gasteiger partial charge in [-0.1, -0.05) is 36.4 Å². The van der Waals surface area contributed by atoms with Crippen molar-refractivity contribution in [1.82, 2.24) is 29.4 Å². The third-order valence-electron chi connectivity index (χ3n) is 5.89. The summed E-state index contributed by atoms with van der Waals surface area (Å²) in [7, 11) is 0. The zero-order chi connectivity index (χ0) is 24.5. The quantitative estimate of drug-likeness (QED) is 0.410. The summed E-state index contributed by atoms with van der Waals surface area (Å²) >= 11 is 0. The molecule has 5 rings (SSSR count). The zero-order valence-electron chi connectivity index (χ0n) is 19.2. The van der Waals surface area contributed by atoms with Gasteiger partial charge in [0.2, 0.25) is 5.91 Å². The van der Waals surface area contributed by atoms with Gasteiger partial charge in [-0.3, -0.25) is 9.59 Å². The SMILES string of the molecule is Cc1nn([C@@H](C)C(=O)NCc2ccccc2F)c(=O)c2c(-n3cccc3)n(-c3ccccc3)nc12. The maximum atomic E-state index is 13.9. The molecule has 0 aliphatic rings. The molecule has 35 heavy (non-hydrogen) atoms. The lowest BCUT2D eigenvalue weighted by molar-refractivity contribution is -0.124. The molecule has 0 fully saturated rings. The van der Waals surface area contributed by atoms with Gasteiger partial charge in [-0.2, -0.15) is 10.2 Å². The van der Waals surface area contributed by atoms with Gasteiger partial charge in [0, 0.05) is 24.5 Å². The molecule has 9 heteroatoms. The molecule has 3 aromatic heterocycles. The van der Waals surface area contributed by atoms with E-state index in [9.17, 15) is 14.0 Å². The van der Waals surface area contributed by atoms with Crippen molar-refractivity contribution < 1.29 is 9.18 Å². The molecule has 2 aromatic carbocycles. The fourth-order valence-corrected chi connectivity index (χ4v) is 4.04. The highest BCUT2D eigenvalue weighted by molar-refractivity contribution is 5.88. The minimum absolute atomic E-state index is 0.00633. The molecule has 0 saturated carbocycles. The number of hydrogen-bond donors (Lipinski definition) is 1. The number of halogens is 1. The molecule has 8 nitrogen and oxygen atoms in total. The lowest BCUT2D eigenvalue weighted by Gasteiger charge is -2.15. The molecule has 0 spiro atoms. The first-order valence-electron chi connectivity index (χ1n) is 11.2. The Balaban J connectivity index is 1.59. The van der Waals surface area contributed by atoms with E-state index in [-0.39, 0.29) is 6.54 Å². The molecule has 176 valence electrons. The second-order valence-corrected chi connectivity index (χ2v) is 8.21. The molecule has 1 N–H and O–H groups in total. The van der Waals surface area contributed by atoms with Crippen LogP contribution >= 0.6 is 0 Å². The van der Waals surface area contributed by atoms with E-state index in [1.54, 1.807) is 36.7 Å². The van der Waals surface area contributed by atoms with E-state index in [1.165, 1.54) is 10.7 Å². The van der Waals surface area contributed by atoms with Crippen LogP contribution in [0.3, 0.4) is 0 Å². The van der Waals surface area contributed by atoms with Crippen LogP contribution in [0.25, 0.3) is 22.4 Å². The van der Waals surface area contributed by atoms with Crippen molar-refractivity contribution in [2.24, 2.45) is 0 Å². The van der Waals surface area contributed by atoms with E-state index >= 15 is 0 Å². The van der Waals surface area contributed by atoms with Gasteiger partial charge >= 0.3 is 0 Å². The van der Waals surface area contributed by atoms with Crippen molar-refractivity contribution in [2.75, 3.05) is 0 Å². The number of nitrogens with zero attached hydrogens (tertiary/aromatic N) is 5. The Bertz CT molecular complexity index is 1570. The van der Waals surface area contributed by atoms with Crippen LogP contribution in [0.4, 0.5) is 4.39 Å². The molecule has 0 unspecified atom stereocenters. The number of carbonyl (C=O) groups excluding carboxylic acids is 1. The van der Waals surface area contributed by atoms with E-state index in [1.807, 2.05) is 59.4 Å². The molecule has 0 saturated heterocycles.